The summed E-state index contributed by atoms with van der Waals surface area (Å²) in [7, 11) is 0. The van der Waals surface area contributed by atoms with Gasteiger partial charge in [-0.1, -0.05) is 0 Å². The first-order chi connectivity index (χ1) is 4.22. The Morgan fingerprint density at radius 1 is 1.56 bits per heavy atom. The number of nitrogens with zero attached hydrogens (tertiary/aromatic N) is 1. The molecule has 0 saturated carbocycles. The van der Waals surface area contributed by atoms with Crippen molar-refractivity contribution in [3.63, 3.8) is 0 Å². The molecule has 50 valence electrons. The van der Waals surface area contributed by atoms with Crippen LogP contribution in [-0.4, -0.2) is 35.2 Å². The maximum Gasteiger partial charge on any atom is 0.335 e. The van der Waals surface area contributed by atoms with E-state index >= 15 is 0 Å². The molecule has 1 fully saturated rings. The van der Waals surface area contributed by atoms with Crippen molar-refractivity contribution >= 4 is 11.8 Å². The van der Waals surface area contributed by atoms with Crippen molar-refractivity contribution < 1.29 is 14.8 Å². The van der Waals surface area contributed by atoms with Crippen LogP contribution in [0.2, 0.25) is 0 Å². The van der Waals surface area contributed by atoms with Gasteiger partial charge < -0.3 is 5.32 Å². The molecule has 0 atom stereocenters. The number of hydroxylamine groups is 2. The molecule has 0 aromatic heterocycles. The molecule has 0 aromatic rings. The number of piperazine rings is 1. The molecule has 0 unspecified atom stereocenters. The Labute approximate surface area is 51.2 Å². The molecule has 0 aliphatic carbocycles. The highest BCUT2D eigenvalue weighted by molar-refractivity contribution is 6.35. The van der Waals surface area contributed by atoms with Crippen molar-refractivity contribution in [2.24, 2.45) is 0 Å². The lowest BCUT2D eigenvalue weighted by atomic mass is 10.4. The van der Waals surface area contributed by atoms with E-state index in [-0.39, 0.29) is 6.54 Å². The summed E-state index contributed by atoms with van der Waals surface area (Å²) in [5, 5.41) is 11.2. The summed E-state index contributed by atoms with van der Waals surface area (Å²) in [5.74, 6) is -1.63. The Kier molecular flexibility index (Phi) is 1.35. The third-order valence-corrected chi connectivity index (χ3v) is 1.04. The molecule has 5 nitrogen and oxygen atoms in total. The zero-order valence-electron chi connectivity index (χ0n) is 4.63. The maximum atomic E-state index is 10.4. The van der Waals surface area contributed by atoms with Gasteiger partial charge in [0.25, 0.3) is 0 Å². The van der Waals surface area contributed by atoms with Crippen molar-refractivity contribution in [3.05, 3.63) is 0 Å². The van der Waals surface area contributed by atoms with Crippen LogP contribution in [0.4, 0.5) is 0 Å². The summed E-state index contributed by atoms with van der Waals surface area (Å²) in [6.45, 7) is 0.492. The highest BCUT2D eigenvalue weighted by atomic mass is 16.5. The fourth-order valence-electron chi connectivity index (χ4n) is 0.570. The first-order valence-electron chi connectivity index (χ1n) is 2.50. The van der Waals surface area contributed by atoms with Crippen molar-refractivity contribution in [3.8, 4) is 0 Å². The first kappa shape index (κ1) is 6.03. The third-order valence-electron chi connectivity index (χ3n) is 1.04. The van der Waals surface area contributed by atoms with E-state index < -0.39 is 11.8 Å². The molecule has 9 heavy (non-hydrogen) atoms. The maximum absolute atomic E-state index is 10.4. The highest BCUT2D eigenvalue weighted by Gasteiger charge is 2.23. The first-order valence-corrected chi connectivity index (χ1v) is 2.50. The molecule has 5 heteroatoms. The predicted molar refractivity (Wildman–Crippen MR) is 26.5 cm³/mol. The fourth-order valence-corrected chi connectivity index (χ4v) is 0.570. The second kappa shape index (κ2) is 2.02. The van der Waals surface area contributed by atoms with Gasteiger partial charge in [-0.25, -0.2) is 5.06 Å². The van der Waals surface area contributed by atoms with Gasteiger partial charge in [-0.3, -0.25) is 14.8 Å². The van der Waals surface area contributed by atoms with Crippen LogP contribution < -0.4 is 5.32 Å². The molecule has 1 saturated heterocycles. The van der Waals surface area contributed by atoms with Crippen LogP contribution in [0.15, 0.2) is 0 Å². The SMILES string of the molecule is O=C1NCCN(O)C1=O. The summed E-state index contributed by atoms with van der Waals surface area (Å²) < 4.78 is 0. The number of carbonyl (C=O) groups is 2. The highest BCUT2D eigenvalue weighted by Crippen LogP contribution is 1.88. The molecule has 1 aliphatic heterocycles. The Hall–Kier alpha value is -1.10. The van der Waals surface area contributed by atoms with E-state index in [4.69, 9.17) is 5.21 Å². The van der Waals surface area contributed by atoms with E-state index in [1.54, 1.807) is 0 Å². The Morgan fingerprint density at radius 3 is 2.67 bits per heavy atom. The van der Waals surface area contributed by atoms with E-state index in [1.807, 2.05) is 0 Å². The van der Waals surface area contributed by atoms with E-state index in [0.29, 0.717) is 11.6 Å². The number of carbonyl (C=O) groups excluding carboxylic acids is 2. The van der Waals surface area contributed by atoms with Crippen LogP contribution in [0, 0.1) is 0 Å². The van der Waals surface area contributed by atoms with Crippen molar-refractivity contribution in [1.29, 1.82) is 0 Å². The zero-order valence-corrected chi connectivity index (χ0v) is 4.63. The summed E-state index contributed by atoms with van der Waals surface area (Å²) >= 11 is 0. The molecule has 2 amide bonds. The number of amides is 2. The lowest BCUT2D eigenvalue weighted by molar-refractivity contribution is -0.174. The van der Waals surface area contributed by atoms with Gasteiger partial charge >= 0.3 is 11.8 Å². The van der Waals surface area contributed by atoms with Gasteiger partial charge in [-0.2, -0.15) is 0 Å². The van der Waals surface area contributed by atoms with E-state index in [0.717, 1.165) is 0 Å². The quantitative estimate of drug-likeness (QED) is 0.304. The molecule has 0 bridgehead atoms. The zero-order chi connectivity index (χ0) is 6.85. The van der Waals surface area contributed by atoms with E-state index in [2.05, 4.69) is 5.32 Å². The van der Waals surface area contributed by atoms with Gasteiger partial charge in [0.05, 0.1) is 6.54 Å². The largest absolute Gasteiger partial charge is 0.346 e. The van der Waals surface area contributed by atoms with Crippen LogP contribution >= 0.6 is 0 Å². The van der Waals surface area contributed by atoms with Crippen molar-refractivity contribution in [1.82, 2.24) is 10.4 Å². The van der Waals surface area contributed by atoms with Gasteiger partial charge in [-0.15, -0.1) is 0 Å². The Balaban J connectivity index is 2.62. The van der Waals surface area contributed by atoms with Gasteiger partial charge in [0.15, 0.2) is 0 Å². The average Bonchev–Trinajstić information content (AvgIpc) is 1.83. The number of nitrogens with one attached hydrogen (secondary N) is 1. The molecule has 0 aromatic carbocycles. The van der Waals surface area contributed by atoms with Gasteiger partial charge in [0, 0.05) is 6.54 Å². The second-order valence-electron chi connectivity index (χ2n) is 1.68. The lowest BCUT2D eigenvalue weighted by Crippen LogP contribution is -2.50. The molecule has 1 aliphatic rings. The third kappa shape index (κ3) is 0.996. The number of rotatable bonds is 0. The van der Waals surface area contributed by atoms with Crippen LogP contribution in [0.3, 0.4) is 0 Å². The Morgan fingerprint density at radius 2 is 2.22 bits per heavy atom. The van der Waals surface area contributed by atoms with Gasteiger partial charge in [0.2, 0.25) is 0 Å². The monoisotopic (exact) mass is 130 g/mol. The number of hydrogen-bond donors (Lipinski definition) is 2. The standard InChI is InChI=1S/C4H6N2O3/c7-3-4(8)6(9)2-1-5-3/h9H,1-2H2,(H,5,7). The van der Waals surface area contributed by atoms with E-state index in [1.165, 1.54) is 0 Å². The smallest absolute Gasteiger partial charge is 0.335 e. The predicted octanol–water partition coefficient (Wildman–Crippen LogP) is -1.67. The molecular formula is C4H6N2O3. The molecular weight excluding hydrogens is 124 g/mol. The molecule has 1 rings (SSSR count). The second-order valence-corrected chi connectivity index (χ2v) is 1.68. The summed E-state index contributed by atoms with van der Waals surface area (Å²) in [4.78, 5) is 20.7. The Bertz CT molecular complexity index is 156. The summed E-state index contributed by atoms with van der Waals surface area (Å²) in [6.07, 6.45) is 0. The summed E-state index contributed by atoms with van der Waals surface area (Å²) in [5.41, 5.74) is 0. The van der Waals surface area contributed by atoms with Crippen LogP contribution in [0.25, 0.3) is 0 Å². The van der Waals surface area contributed by atoms with Gasteiger partial charge in [0.1, 0.15) is 0 Å². The van der Waals surface area contributed by atoms with Crippen LogP contribution in [0.1, 0.15) is 0 Å². The van der Waals surface area contributed by atoms with Crippen molar-refractivity contribution in [2.75, 3.05) is 13.1 Å². The lowest BCUT2D eigenvalue weighted by Gasteiger charge is -2.19. The minimum atomic E-state index is -0.888. The summed E-state index contributed by atoms with van der Waals surface area (Å²) in [6, 6.07) is 0. The van der Waals surface area contributed by atoms with E-state index in [9.17, 15) is 9.59 Å². The minimum Gasteiger partial charge on any atom is -0.346 e. The van der Waals surface area contributed by atoms with Crippen molar-refractivity contribution in [2.45, 2.75) is 0 Å². The molecule has 2 N–H and O–H groups in total. The average molecular weight is 130 g/mol. The topological polar surface area (TPSA) is 69.6 Å². The normalized spacial score (nSPS) is 19.9. The fraction of sp³-hybridized carbons (Fsp3) is 0.500. The molecule has 0 radical (unpaired) electrons. The van der Waals surface area contributed by atoms with Crippen LogP contribution in [-0.2, 0) is 9.59 Å². The molecule has 1 heterocycles. The van der Waals surface area contributed by atoms with Crippen LogP contribution in [0.5, 0.6) is 0 Å². The van der Waals surface area contributed by atoms with Gasteiger partial charge in [-0.05, 0) is 0 Å². The number of hydrogen-bond acceptors (Lipinski definition) is 3. The molecule has 0 spiro atoms. The minimum absolute atomic E-state index is 0.171.